The molecule has 130 valence electrons. The van der Waals surface area contributed by atoms with E-state index in [1.807, 2.05) is 81.4 Å². The first-order valence-electron chi connectivity index (χ1n) is 8.73. The van der Waals surface area contributed by atoms with Crippen LogP contribution in [0.2, 0.25) is 0 Å². The highest BCUT2D eigenvalue weighted by Gasteiger charge is 2.57. The fourth-order valence-corrected chi connectivity index (χ4v) is 3.40. The standard InChI is InChI=1S/C22H24O3/c1-22(2,3)25-21(24)20-17(19(20)16-12-8-5-9-13-16)14-18(23)15-10-6-4-7-11-15/h4-13,17,19-20H,14H2,1-3H3/t17-,19-,20-/m0/s1. The molecule has 2 aromatic rings. The molecule has 3 heteroatoms. The Hall–Kier alpha value is -2.42. The van der Waals surface area contributed by atoms with Crippen LogP contribution in [0, 0.1) is 11.8 Å². The van der Waals surface area contributed by atoms with E-state index in [0.29, 0.717) is 12.0 Å². The summed E-state index contributed by atoms with van der Waals surface area (Å²) < 4.78 is 5.58. The van der Waals surface area contributed by atoms with Gasteiger partial charge in [-0.2, -0.15) is 0 Å². The van der Waals surface area contributed by atoms with Gasteiger partial charge in [0.2, 0.25) is 0 Å². The van der Waals surface area contributed by atoms with Crippen molar-refractivity contribution in [2.75, 3.05) is 0 Å². The van der Waals surface area contributed by atoms with Gasteiger partial charge < -0.3 is 4.74 Å². The first-order valence-corrected chi connectivity index (χ1v) is 8.73. The van der Waals surface area contributed by atoms with Gasteiger partial charge >= 0.3 is 5.97 Å². The Morgan fingerprint density at radius 2 is 1.48 bits per heavy atom. The molecule has 3 atom stereocenters. The third-order valence-electron chi connectivity index (χ3n) is 4.55. The van der Waals surface area contributed by atoms with Crippen molar-refractivity contribution >= 4 is 11.8 Å². The lowest BCUT2D eigenvalue weighted by molar-refractivity contribution is -0.157. The van der Waals surface area contributed by atoms with Crippen LogP contribution < -0.4 is 0 Å². The number of carbonyl (C=O) groups is 2. The first kappa shape index (κ1) is 17.4. The fourth-order valence-electron chi connectivity index (χ4n) is 3.40. The number of benzene rings is 2. The molecular weight excluding hydrogens is 312 g/mol. The number of ether oxygens (including phenoxy) is 1. The largest absolute Gasteiger partial charge is 0.460 e. The summed E-state index contributed by atoms with van der Waals surface area (Å²) in [4.78, 5) is 25.2. The van der Waals surface area contributed by atoms with Gasteiger partial charge in [0.05, 0.1) is 5.92 Å². The van der Waals surface area contributed by atoms with Crippen molar-refractivity contribution in [2.24, 2.45) is 11.8 Å². The van der Waals surface area contributed by atoms with Crippen molar-refractivity contribution < 1.29 is 14.3 Å². The van der Waals surface area contributed by atoms with Gasteiger partial charge in [-0.3, -0.25) is 9.59 Å². The maximum Gasteiger partial charge on any atom is 0.310 e. The molecule has 1 fully saturated rings. The highest BCUT2D eigenvalue weighted by molar-refractivity contribution is 5.97. The van der Waals surface area contributed by atoms with Gasteiger partial charge in [0.25, 0.3) is 0 Å². The first-order chi connectivity index (χ1) is 11.9. The molecule has 0 amide bonds. The van der Waals surface area contributed by atoms with E-state index in [4.69, 9.17) is 4.74 Å². The molecular formula is C22H24O3. The number of Topliss-reactive ketones (excluding diaryl/α,β-unsaturated/α-hetero) is 1. The van der Waals surface area contributed by atoms with Crippen molar-refractivity contribution in [3.05, 3.63) is 71.8 Å². The molecule has 1 aliphatic rings. The van der Waals surface area contributed by atoms with Gasteiger partial charge in [-0.05, 0) is 32.3 Å². The minimum atomic E-state index is -0.519. The van der Waals surface area contributed by atoms with Crippen LogP contribution in [0.3, 0.4) is 0 Å². The van der Waals surface area contributed by atoms with Gasteiger partial charge in [-0.1, -0.05) is 60.7 Å². The number of hydrogen-bond acceptors (Lipinski definition) is 3. The van der Waals surface area contributed by atoms with Crippen LogP contribution in [0.25, 0.3) is 0 Å². The Morgan fingerprint density at radius 1 is 0.920 bits per heavy atom. The number of ketones is 1. The molecule has 0 spiro atoms. The molecule has 1 aliphatic carbocycles. The molecule has 3 nitrogen and oxygen atoms in total. The Morgan fingerprint density at radius 3 is 2.04 bits per heavy atom. The van der Waals surface area contributed by atoms with E-state index in [0.717, 1.165) is 5.56 Å². The lowest BCUT2D eigenvalue weighted by atomic mass is 10.0. The van der Waals surface area contributed by atoms with E-state index in [-0.39, 0.29) is 29.5 Å². The Bertz CT molecular complexity index is 744. The monoisotopic (exact) mass is 336 g/mol. The van der Waals surface area contributed by atoms with Crippen molar-refractivity contribution in [2.45, 2.75) is 38.7 Å². The molecule has 0 unspecified atom stereocenters. The van der Waals surface area contributed by atoms with E-state index in [2.05, 4.69) is 0 Å². The van der Waals surface area contributed by atoms with Gasteiger partial charge in [0.15, 0.2) is 5.78 Å². The van der Waals surface area contributed by atoms with E-state index < -0.39 is 5.60 Å². The maximum absolute atomic E-state index is 12.6. The summed E-state index contributed by atoms with van der Waals surface area (Å²) in [5, 5.41) is 0. The minimum absolute atomic E-state index is 0.00459. The topological polar surface area (TPSA) is 43.4 Å². The van der Waals surface area contributed by atoms with E-state index >= 15 is 0 Å². The highest BCUT2D eigenvalue weighted by atomic mass is 16.6. The Labute approximate surface area is 149 Å². The third kappa shape index (κ3) is 4.16. The number of rotatable bonds is 5. The van der Waals surface area contributed by atoms with Gasteiger partial charge in [-0.15, -0.1) is 0 Å². The quantitative estimate of drug-likeness (QED) is 0.590. The second-order valence-electron chi connectivity index (χ2n) is 7.65. The molecule has 2 aromatic carbocycles. The minimum Gasteiger partial charge on any atom is -0.460 e. The summed E-state index contributed by atoms with van der Waals surface area (Å²) in [6, 6.07) is 19.2. The van der Waals surface area contributed by atoms with Crippen molar-refractivity contribution in [3.8, 4) is 0 Å². The second kappa shape index (κ2) is 6.83. The van der Waals surface area contributed by atoms with Gasteiger partial charge in [0.1, 0.15) is 5.60 Å². The molecule has 0 bridgehead atoms. The van der Waals surface area contributed by atoms with E-state index in [9.17, 15) is 9.59 Å². The van der Waals surface area contributed by atoms with Crippen LogP contribution in [0.15, 0.2) is 60.7 Å². The SMILES string of the molecule is CC(C)(C)OC(=O)[C@H]1[C@@H](CC(=O)c2ccccc2)[C@@H]1c1ccccc1. The maximum atomic E-state index is 12.6. The molecule has 3 rings (SSSR count). The molecule has 1 saturated carbocycles. The van der Waals surface area contributed by atoms with Crippen LogP contribution >= 0.6 is 0 Å². The molecule has 0 aliphatic heterocycles. The molecule has 0 N–H and O–H groups in total. The third-order valence-corrected chi connectivity index (χ3v) is 4.55. The van der Waals surface area contributed by atoms with Gasteiger partial charge in [-0.25, -0.2) is 0 Å². The molecule has 25 heavy (non-hydrogen) atoms. The lowest BCUT2D eigenvalue weighted by Crippen LogP contribution is -2.25. The molecule has 0 saturated heterocycles. The van der Waals surface area contributed by atoms with Crippen LogP contribution in [-0.4, -0.2) is 17.4 Å². The number of esters is 1. The summed E-state index contributed by atoms with van der Waals surface area (Å²) in [6.45, 7) is 5.61. The second-order valence-corrected chi connectivity index (χ2v) is 7.65. The highest BCUT2D eigenvalue weighted by Crippen LogP contribution is 2.57. The average molecular weight is 336 g/mol. The summed E-state index contributed by atoms with van der Waals surface area (Å²) in [7, 11) is 0. The molecule has 0 radical (unpaired) electrons. The Balaban J connectivity index is 1.77. The zero-order valence-corrected chi connectivity index (χ0v) is 14.9. The fraction of sp³-hybridized carbons (Fsp3) is 0.364. The number of carbonyl (C=O) groups excluding carboxylic acids is 2. The Kier molecular flexibility index (Phi) is 4.76. The summed E-state index contributed by atoms with van der Waals surface area (Å²) >= 11 is 0. The molecule has 0 heterocycles. The summed E-state index contributed by atoms with van der Waals surface area (Å²) in [5.74, 6) is -0.298. The van der Waals surface area contributed by atoms with Crippen LogP contribution in [0.5, 0.6) is 0 Å². The van der Waals surface area contributed by atoms with E-state index in [1.165, 1.54) is 0 Å². The van der Waals surface area contributed by atoms with Gasteiger partial charge in [0, 0.05) is 17.9 Å². The average Bonchev–Trinajstić information content (AvgIpc) is 3.29. The zero-order chi connectivity index (χ0) is 18.0. The molecule has 0 aromatic heterocycles. The summed E-state index contributed by atoms with van der Waals surface area (Å²) in [5.41, 5.74) is 1.28. The summed E-state index contributed by atoms with van der Waals surface area (Å²) in [6.07, 6.45) is 0.369. The normalized spacial score (nSPS) is 22.3. The van der Waals surface area contributed by atoms with Crippen molar-refractivity contribution in [1.82, 2.24) is 0 Å². The number of hydrogen-bond donors (Lipinski definition) is 0. The lowest BCUT2D eigenvalue weighted by Gasteiger charge is -2.19. The smallest absolute Gasteiger partial charge is 0.310 e. The van der Waals surface area contributed by atoms with E-state index in [1.54, 1.807) is 0 Å². The van der Waals surface area contributed by atoms with Crippen molar-refractivity contribution in [3.63, 3.8) is 0 Å². The predicted octanol–water partition coefficient (Wildman–Crippen LogP) is 4.63. The van der Waals surface area contributed by atoms with Crippen LogP contribution in [-0.2, 0) is 9.53 Å². The predicted molar refractivity (Wildman–Crippen MR) is 97.4 cm³/mol. The van der Waals surface area contributed by atoms with Crippen molar-refractivity contribution in [1.29, 1.82) is 0 Å². The van der Waals surface area contributed by atoms with Crippen LogP contribution in [0.1, 0.15) is 49.0 Å². The van der Waals surface area contributed by atoms with Crippen LogP contribution in [0.4, 0.5) is 0 Å². The zero-order valence-electron chi connectivity index (χ0n) is 14.9.